The van der Waals surface area contributed by atoms with E-state index in [2.05, 4.69) is 10.6 Å². The van der Waals surface area contributed by atoms with Crippen LogP contribution in [-0.4, -0.2) is 60.6 Å². The highest BCUT2D eigenvalue weighted by atomic mass is 19.1. The Labute approximate surface area is 177 Å². The minimum Gasteiger partial charge on any atom is -0.449 e. The molecule has 0 spiro atoms. The minimum absolute atomic E-state index is 0.104. The Morgan fingerprint density at radius 1 is 1.32 bits per heavy atom. The number of nitrogens with two attached hydrogens (primary N) is 1. The van der Waals surface area contributed by atoms with E-state index in [1.54, 1.807) is 6.92 Å². The lowest BCUT2D eigenvalue weighted by Crippen LogP contribution is -2.55. The summed E-state index contributed by atoms with van der Waals surface area (Å²) >= 11 is 0. The molecule has 1 aromatic rings. The molecular weight excluding hydrogens is 407 g/mol. The number of benzene rings is 1. The number of ketones is 2. The summed E-state index contributed by atoms with van der Waals surface area (Å²) in [6.45, 7) is 1.87. The first-order valence-corrected chi connectivity index (χ1v) is 9.87. The van der Waals surface area contributed by atoms with Gasteiger partial charge in [0, 0.05) is 36.5 Å². The zero-order chi connectivity index (χ0) is 22.1. The number of piperazine rings is 1. The van der Waals surface area contributed by atoms with Crippen LogP contribution < -0.4 is 16.4 Å². The van der Waals surface area contributed by atoms with E-state index >= 15 is 0 Å². The van der Waals surface area contributed by atoms with Crippen molar-refractivity contribution in [2.24, 2.45) is 11.7 Å². The Hall–Kier alpha value is -3.24. The predicted molar refractivity (Wildman–Crippen MR) is 106 cm³/mol. The molecule has 5 rings (SSSR count). The van der Waals surface area contributed by atoms with Gasteiger partial charge in [-0.3, -0.25) is 9.59 Å². The number of fused-ring (bicyclic) bond motifs is 4. The number of hydrogen-bond acceptors (Lipinski definition) is 8. The maximum absolute atomic E-state index is 13.6. The van der Waals surface area contributed by atoms with Crippen molar-refractivity contribution in [1.82, 2.24) is 10.2 Å². The zero-order valence-electron chi connectivity index (χ0n) is 16.9. The van der Waals surface area contributed by atoms with Crippen molar-refractivity contribution in [2.75, 3.05) is 25.6 Å². The fraction of sp³-hybridized carbons (Fsp3) is 0.381. The third kappa shape index (κ3) is 2.64. The van der Waals surface area contributed by atoms with Gasteiger partial charge in [-0.2, -0.15) is 0 Å². The van der Waals surface area contributed by atoms with Crippen LogP contribution in [0, 0.1) is 11.7 Å². The quantitative estimate of drug-likeness (QED) is 0.460. The molecule has 1 aliphatic carbocycles. The highest BCUT2D eigenvalue weighted by Gasteiger charge is 2.72. The van der Waals surface area contributed by atoms with Crippen molar-refractivity contribution < 1.29 is 28.2 Å². The summed E-state index contributed by atoms with van der Waals surface area (Å²) in [5.74, 6) is -1.82. The molecule has 0 bridgehead atoms. The van der Waals surface area contributed by atoms with E-state index in [0.29, 0.717) is 12.2 Å². The van der Waals surface area contributed by atoms with Crippen LogP contribution in [0.3, 0.4) is 0 Å². The Kier molecular flexibility index (Phi) is 4.21. The summed E-state index contributed by atoms with van der Waals surface area (Å²) in [5.41, 5.74) is 5.49. The number of Topliss-reactive ketones (excluding diaryl/α,β-unsaturated/α-hetero) is 2. The number of halogens is 1. The predicted octanol–water partition coefficient (Wildman–Crippen LogP) is 0.641. The van der Waals surface area contributed by atoms with Crippen LogP contribution in [0.15, 0.2) is 46.8 Å². The first-order valence-electron chi connectivity index (χ1n) is 9.87. The first-order chi connectivity index (χ1) is 14.8. The highest BCUT2D eigenvalue weighted by Crippen LogP contribution is 2.55. The molecule has 1 aromatic carbocycles. The second-order valence-corrected chi connectivity index (χ2v) is 8.05. The smallest absolute Gasteiger partial charge is 0.404 e. The number of nitrogens with one attached hydrogen (secondary N) is 2. The van der Waals surface area contributed by atoms with E-state index in [1.165, 1.54) is 31.4 Å². The molecule has 1 unspecified atom stereocenters. The van der Waals surface area contributed by atoms with E-state index in [4.69, 9.17) is 15.2 Å². The van der Waals surface area contributed by atoms with Crippen molar-refractivity contribution in [3.63, 3.8) is 0 Å². The van der Waals surface area contributed by atoms with Crippen LogP contribution in [0.1, 0.15) is 6.92 Å². The average Bonchev–Trinajstić information content (AvgIpc) is 3.35. The summed E-state index contributed by atoms with van der Waals surface area (Å²) in [6, 6.07) is 5.48. The molecule has 2 saturated heterocycles. The van der Waals surface area contributed by atoms with Crippen molar-refractivity contribution in [3.05, 3.63) is 52.6 Å². The molecule has 162 valence electrons. The highest BCUT2D eigenvalue weighted by molar-refractivity contribution is 6.26. The molecule has 3 aliphatic heterocycles. The largest absolute Gasteiger partial charge is 0.449 e. The fourth-order valence-corrected chi connectivity index (χ4v) is 5.12. The number of amides is 1. The molecule has 31 heavy (non-hydrogen) atoms. The monoisotopic (exact) mass is 428 g/mol. The third-order valence-corrected chi connectivity index (χ3v) is 6.54. The Morgan fingerprint density at radius 2 is 2.03 bits per heavy atom. The van der Waals surface area contributed by atoms with Crippen LogP contribution >= 0.6 is 0 Å². The standard InChI is InChI=1S/C21H21FN4O5/c1-9-15(24-11-5-3-10(22)4-6-11)18(28)14-12(8-31-20(23)29)21(30-2)19-13(25-19)7-26(21)16(14)17(9)27/h3-6,12-13,19,24-25H,7-8H2,1-2H3,(H2,23,29)/t12-,13+,19+,21?/m0/s1. The maximum atomic E-state index is 13.6. The van der Waals surface area contributed by atoms with Crippen LogP contribution in [0.5, 0.6) is 0 Å². The number of anilines is 1. The van der Waals surface area contributed by atoms with Gasteiger partial charge in [0.25, 0.3) is 0 Å². The molecule has 0 aromatic heterocycles. The van der Waals surface area contributed by atoms with Gasteiger partial charge in [-0.1, -0.05) is 0 Å². The van der Waals surface area contributed by atoms with E-state index in [-0.39, 0.29) is 47.0 Å². The zero-order valence-corrected chi connectivity index (χ0v) is 16.9. The number of primary amides is 1. The first kappa shape index (κ1) is 19.7. The molecule has 1 amide bonds. The lowest BCUT2D eigenvalue weighted by atomic mass is 9.82. The molecule has 0 saturated carbocycles. The van der Waals surface area contributed by atoms with Crippen molar-refractivity contribution >= 4 is 23.3 Å². The second kappa shape index (κ2) is 6.63. The normalized spacial score (nSPS) is 30.9. The van der Waals surface area contributed by atoms with E-state index in [0.717, 1.165) is 0 Å². The van der Waals surface area contributed by atoms with Crippen molar-refractivity contribution in [2.45, 2.75) is 24.7 Å². The SMILES string of the molecule is COC12[C@@H]3N[C@@H]3CN1C1=C(C(=O)C(Nc3ccc(F)cc3)=C(C)C1=O)[C@@H]2COC(N)=O. The number of methoxy groups -OCH3 is 1. The van der Waals surface area contributed by atoms with Gasteiger partial charge >= 0.3 is 6.09 Å². The van der Waals surface area contributed by atoms with Crippen molar-refractivity contribution in [3.8, 4) is 0 Å². The molecule has 2 fully saturated rings. The molecular formula is C21H21FN4O5. The molecule has 9 nitrogen and oxygen atoms in total. The number of carbonyl (C=O) groups is 3. The average molecular weight is 428 g/mol. The van der Waals surface area contributed by atoms with Gasteiger partial charge in [0.2, 0.25) is 11.6 Å². The van der Waals surface area contributed by atoms with E-state index in [9.17, 15) is 18.8 Å². The Bertz CT molecular complexity index is 1080. The van der Waals surface area contributed by atoms with Gasteiger partial charge < -0.3 is 30.7 Å². The van der Waals surface area contributed by atoms with Crippen LogP contribution in [-0.2, 0) is 19.1 Å². The summed E-state index contributed by atoms with van der Waals surface area (Å²) < 4.78 is 24.3. The Morgan fingerprint density at radius 3 is 2.68 bits per heavy atom. The lowest BCUT2D eigenvalue weighted by Gasteiger charge is -2.39. The summed E-state index contributed by atoms with van der Waals surface area (Å²) in [5, 5.41) is 6.26. The molecule has 10 heteroatoms. The number of carbonyl (C=O) groups excluding carboxylic acids is 3. The van der Waals surface area contributed by atoms with Gasteiger partial charge in [-0.25, -0.2) is 9.18 Å². The summed E-state index contributed by atoms with van der Waals surface area (Å²) in [4.78, 5) is 40.2. The number of ether oxygens (including phenoxy) is 2. The van der Waals surface area contributed by atoms with Gasteiger partial charge in [0.15, 0.2) is 5.72 Å². The lowest BCUT2D eigenvalue weighted by molar-refractivity contribution is -0.137. The maximum Gasteiger partial charge on any atom is 0.404 e. The van der Waals surface area contributed by atoms with Crippen LogP contribution in [0.25, 0.3) is 0 Å². The van der Waals surface area contributed by atoms with Crippen molar-refractivity contribution in [1.29, 1.82) is 0 Å². The van der Waals surface area contributed by atoms with E-state index < -0.39 is 29.3 Å². The van der Waals surface area contributed by atoms with Gasteiger partial charge in [-0.15, -0.1) is 0 Å². The summed E-state index contributed by atoms with van der Waals surface area (Å²) in [7, 11) is 1.51. The molecule has 3 heterocycles. The molecule has 4 N–H and O–H groups in total. The third-order valence-electron chi connectivity index (χ3n) is 6.54. The Balaban J connectivity index is 1.56. The summed E-state index contributed by atoms with van der Waals surface area (Å²) in [6.07, 6.45) is -0.976. The number of rotatable bonds is 5. The second-order valence-electron chi connectivity index (χ2n) is 8.05. The van der Waals surface area contributed by atoms with Gasteiger partial charge in [0.05, 0.1) is 23.4 Å². The molecule has 4 aliphatic rings. The van der Waals surface area contributed by atoms with E-state index in [1.807, 2.05) is 4.90 Å². The fourth-order valence-electron chi connectivity index (χ4n) is 5.12. The number of hydrogen-bond donors (Lipinski definition) is 3. The topological polar surface area (TPSA) is 133 Å². The molecule has 0 radical (unpaired) electrons. The van der Waals surface area contributed by atoms with Crippen LogP contribution in [0.2, 0.25) is 0 Å². The minimum atomic E-state index is -1.03. The van der Waals surface area contributed by atoms with Crippen LogP contribution in [0.4, 0.5) is 14.9 Å². The number of allylic oxidation sites excluding steroid dienone is 2. The van der Waals surface area contributed by atoms with Gasteiger partial charge in [-0.05, 0) is 31.2 Å². The van der Waals surface area contributed by atoms with Gasteiger partial charge in [0.1, 0.15) is 12.4 Å². The number of nitrogens with zero attached hydrogens (tertiary/aromatic N) is 1. The molecule has 4 atom stereocenters.